The number of nitrogens with one attached hydrogen (secondary N) is 1. The van der Waals surface area contributed by atoms with Crippen LogP contribution in [0.2, 0.25) is 0 Å². The molecule has 7 heteroatoms. The molecule has 4 rings (SSSR count). The normalized spacial score (nSPS) is 21.7. The van der Waals surface area contributed by atoms with Crippen LogP contribution < -0.4 is 5.32 Å². The molecule has 1 aromatic carbocycles. The van der Waals surface area contributed by atoms with E-state index in [2.05, 4.69) is 55.5 Å². The van der Waals surface area contributed by atoms with Crippen molar-refractivity contribution in [2.24, 2.45) is 17.8 Å². The summed E-state index contributed by atoms with van der Waals surface area (Å²) in [5, 5.41) is 7.84. The highest BCUT2D eigenvalue weighted by atomic mass is 16.5. The number of methoxy groups -OCH3 is 1. The third-order valence-electron chi connectivity index (χ3n) is 7.65. The highest BCUT2D eigenvalue weighted by Gasteiger charge is 2.32. The summed E-state index contributed by atoms with van der Waals surface area (Å²) in [6.07, 6.45) is 3.69. The maximum atomic E-state index is 13.1. The Balaban J connectivity index is 1.34. The molecule has 2 aliphatic rings. The van der Waals surface area contributed by atoms with Crippen LogP contribution in [0, 0.1) is 17.8 Å². The Kier molecular flexibility index (Phi) is 7.95. The van der Waals surface area contributed by atoms with Crippen LogP contribution in [0.4, 0.5) is 0 Å². The minimum Gasteiger partial charge on any atom is -0.469 e. The summed E-state index contributed by atoms with van der Waals surface area (Å²) in [6, 6.07) is 10.5. The molecule has 2 aromatic rings. The lowest BCUT2D eigenvalue weighted by atomic mass is 9.80. The minimum atomic E-state index is -0.160. The molecule has 0 aliphatic carbocycles. The van der Waals surface area contributed by atoms with Crippen LogP contribution >= 0.6 is 0 Å². The number of carbonyl (C=O) groups excluding carboxylic acids is 2. The first-order valence-corrected chi connectivity index (χ1v) is 12.9. The lowest BCUT2D eigenvalue weighted by Crippen LogP contribution is -2.44. The molecule has 1 aromatic heterocycles. The number of hydrogen-bond donors (Lipinski definition) is 1. The van der Waals surface area contributed by atoms with Crippen molar-refractivity contribution in [2.75, 3.05) is 33.3 Å². The molecule has 190 valence electrons. The fraction of sp³-hybridized carbons (Fsp3) is 0.607. The third kappa shape index (κ3) is 6.31. The Labute approximate surface area is 208 Å². The van der Waals surface area contributed by atoms with Crippen molar-refractivity contribution in [3.05, 3.63) is 41.6 Å². The Morgan fingerprint density at radius 1 is 1.11 bits per heavy atom. The first-order valence-electron chi connectivity index (χ1n) is 12.9. The molecule has 3 heterocycles. The van der Waals surface area contributed by atoms with Crippen LogP contribution in [0.1, 0.15) is 57.7 Å². The number of likely N-dealkylation sites (tertiary alicyclic amines) is 1. The number of aromatic nitrogens is 1. The van der Waals surface area contributed by atoms with E-state index < -0.39 is 0 Å². The van der Waals surface area contributed by atoms with Crippen LogP contribution in [-0.2, 0) is 26.2 Å². The first kappa shape index (κ1) is 25.4. The van der Waals surface area contributed by atoms with E-state index in [1.54, 1.807) is 0 Å². The Hall–Kier alpha value is -2.67. The van der Waals surface area contributed by atoms with E-state index >= 15 is 0 Å². The number of carbonyl (C=O) groups is 2. The highest BCUT2D eigenvalue weighted by molar-refractivity contribution is 5.77. The predicted octanol–water partition coefficient (Wildman–Crippen LogP) is 4.21. The van der Waals surface area contributed by atoms with Gasteiger partial charge >= 0.3 is 5.97 Å². The second kappa shape index (κ2) is 10.9. The molecule has 35 heavy (non-hydrogen) atoms. The van der Waals surface area contributed by atoms with Crippen LogP contribution in [-0.4, -0.2) is 55.2 Å². The summed E-state index contributed by atoms with van der Waals surface area (Å²) < 4.78 is 10.5. The van der Waals surface area contributed by atoms with Gasteiger partial charge in [-0.25, -0.2) is 0 Å². The van der Waals surface area contributed by atoms with Gasteiger partial charge in [0, 0.05) is 31.1 Å². The second-order valence-electron chi connectivity index (χ2n) is 11.1. The highest BCUT2D eigenvalue weighted by Crippen LogP contribution is 2.30. The number of benzene rings is 1. The van der Waals surface area contributed by atoms with E-state index in [-0.39, 0.29) is 23.2 Å². The quantitative estimate of drug-likeness (QED) is 0.622. The van der Waals surface area contributed by atoms with Gasteiger partial charge in [-0.2, -0.15) is 0 Å². The topological polar surface area (TPSA) is 84.7 Å². The molecule has 2 aliphatic heterocycles. The Bertz CT molecular complexity index is 1000. The molecule has 1 N–H and O–H groups in total. The summed E-state index contributed by atoms with van der Waals surface area (Å²) in [5.41, 5.74) is 3.37. The molecule has 0 radical (unpaired) electrons. The van der Waals surface area contributed by atoms with E-state index in [1.165, 1.54) is 12.7 Å². The third-order valence-corrected chi connectivity index (χ3v) is 7.65. The number of esters is 1. The zero-order valence-electron chi connectivity index (χ0n) is 21.5. The molecule has 0 spiro atoms. The predicted molar refractivity (Wildman–Crippen MR) is 135 cm³/mol. The summed E-state index contributed by atoms with van der Waals surface area (Å²) in [4.78, 5) is 26.8. The molecule has 2 fully saturated rings. The number of piperidine rings is 2. The Morgan fingerprint density at radius 2 is 1.83 bits per heavy atom. The average Bonchev–Trinajstić information content (AvgIpc) is 3.33. The van der Waals surface area contributed by atoms with Gasteiger partial charge in [-0.1, -0.05) is 50.2 Å². The molecule has 7 nitrogen and oxygen atoms in total. The van der Waals surface area contributed by atoms with Crippen molar-refractivity contribution in [3.8, 4) is 11.3 Å². The lowest BCUT2D eigenvalue weighted by molar-refractivity contribution is -0.149. The van der Waals surface area contributed by atoms with E-state index in [4.69, 9.17) is 9.26 Å². The van der Waals surface area contributed by atoms with Gasteiger partial charge in [0.15, 0.2) is 5.76 Å². The fourth-order valence-electron chi connectivity index (χ4n) is 5.32. The van der Waals surface area contributed by atoms with Gasteiger partial charge in [-0.15, -0.1) is 0 Å². The molecular weight excluding hydrogens is 442 g/mol. The molecular formula is C28H39N3O4. The zero-order chi connectivity index (χ0) is 25.0. The van der Waals surface area contributed by atoms with Gasteiger partial charge in [0.2, 0.25) is 5.91 Å². The zero-order valence-corrected chi connectivity index (χ0v) is 21.5. The summed E-state index contributed by atoms with van der Waals surface area (Å²) in [5.74, 6) is 1.39. The molecule has 0 bridgehead atoms. The van der Waals surface area contributed by atoms with Crippen LogP contribution in [0.5, 0.6) is 0 Å². The van der Waals surface area contributed by atoms with E-state index in [0.29, 0.717) is 44.2 Å². The number of nitrogens with zero attached hydrogens (tertiary/aromatic N) is 2. The van der Waals surface area contributed by atoms with Gasteiger partial charge in [-0.05, 0) is 61.6 Å². The maximum Gasteiger partial charge on any atom is 0.308 e. The Morgan fingerprint density at radius 3 is 2.49 bits per heavy atom. The number of rotatable bonds is 6. The average molecular weight is 482 g/mol. The summed E-state index contributed by atoms with van der Waals surface area (Å²) in [7, 11) is 1.43. The molecule has 2 saturated heterocycles. The van der Waals surface area contributed by atoms with Crippen molar-refractivity contribution in [3.63, 3.8) is 0 Å². The van der Waals surface area contributed by atoms with Gasteiger partial charge < -0.3 is 19.5 Å². The second-order valence-corrected chi connectivity index (χ2v) is 11.1. The number of ether oxygens (including phenoxy) is 1. The van der Waals surface area contributed by atoms with Crippen molar-refractivity contribution in [1.82, 2.24) is 15.4 Å². The van der Waals surface area contributed by atoms with Gasteiger partial charge in [-0.3, -0.25) is 9.59 Å². The van der Waals surface area contributed by atoms with Gasteiger partial charge in [0.1, 0.15) is 0 Å². The van der Waals surface area contributed by atoms with Crippen molar-refractivity contribution >= 4 is 11.9 Å². The van der Waals surface area contributed by atoms with Gasteiger partial charge in [0.05, 0.1) is 18.7 Å². The van der Waals surface area contributed by atoms with Crippen LogP contribution in [0.15, 0.2) is 34.9 Å². The first-order chi connectivity index (χ1) is 16.7. The van der Waals surface area contributed by atoms with Crippen molar-refractivity contribution in [2.45, 2.75) is 58.3 Å². The molecule has 2 atom stereocenters. The minimum absolute atomic E-state index is 0.0818. The standard InChI is InChI=1S/C28H39N3O4/c1-28(2,3)23-7-5-19(6-8-23)25-17-24(30-35-25)15-22-18-29-12-9-21(22)16-26(32)31-13-10-20(11-14-31)27(33)34-4/h5-8,17,20-22,29H,9-16,18H2,1-4H3/t21-,22-/m0/s1. The summed E-state index contributed by atoms with van der Waals surface area (Å²) in [6.45, 7) is 9.70. The molecule has 1 amide bonds. The largest absolute Gasteiger partial charge is 0.469 e. The van der Waals surface area contributed by atoms with Crippen LogP contribution in [0.3, 0.4) is 0 Å². The van der Waals surface area contributed by atoms with E-state index in [9.17, 15) is 9.59 Å². The van der Waals surface area contributed by atoms with Crippen LogP contribution in [0.25, 0.3) is 11.3 Å². The number of amides is 1. The number of hydrogen-bond acceptors (Lipinski definition) is 6. The molecule has 0 unspecified atom stereocenters. The monoisotopic (exact) mass is 481 g/mol. The lowest BCUT2D eigenvalue weighted by Gasteiger charge is -2.35. The molecule has 0 saturated carbocycles. The maximum absolute atomic E-state index is 13.1. The van der Waals surface area contributed by atoms with E-state index in [0.717, 1.165) is 42.9 Å². The van der Waals surface area contributed by atoms with Gasteiger partial charge in [0.25, 0.3) is 0 Å². The SMILES string of the molecule is COC(=O)C1CCN(C(=O)C[C@@H]2CCNC[C@@H]2Cc2cc(-c3ccc(C(C)(C)C)cc3)on2)CC1. The van der Waals surface area contributed by atoms with Crippen molar-refractivity contribution < 1.29 is 18.8 Å². The van der Waals surface area contributed by atoms with E-state index in [1.807, 2.05) is 11.0 Å². The summed E-state index contributed by atoms with van der Waals surface area (Å²) >= 11 is 0. The fourth-order valence-corrected chi connectivity index (χ4v) is 5.32. The smallest absolute Gasteiger partial charge is 0.308 e. The van der Waals surface area contributed by atoms with Crippen molar-refractivity contribution in [1.29, 1.82) is 0 Å².